The zero-order valence-corrected chi connectivity index (χ0v) is 9.72. The molecule has 0 aliphatic heterocycles. The van der Waals surface area contributed by atoms with Gasteiger partial charge in [0.15, 0.2) is 5.03 Å². The van der Waals surface area contributed by atoms with Gasteiger partial charge < -0.3 is 19.8 Å². The van der Waals surface area contributed by atoms with E-state index in [2.05, 4.69) is 4.98 Å². The standard InChI is InChI=1S/C10H9N3O3S/c1-12-6-11-9(13(15)16)10(12)17-8-4-2-3-7(14)5-8/h2-6,14H,1H3. The van der Waals surface area contributed by atoms with E-state index in [1.165, 1.54) is 18.1 Å². The molecule has 7 heteroatoms. The van der Waals surface area contributed by atoms with Gasteiger partial charge in [-0.15, -0.1) is 0 Å². The first kappa shape index (κ1) is 11.5. The molecule has 0 saturated heterocycles. The Balaban J connectivity index is 2.36. The summed E-state index contributed by atoms with van der Waals surface area (Å²) < 4.78 is 1.58. The molecule has 0 fully saturated rings. The van der Waals surface area contributed by atoms with Crippen molar-refractivity contribution in [3.63, 3.8) is 0 Å². The summed E-state index contributed by atoms with van der Waals surface area (Å²) >= 11 is 1.19. The number of aromatic nitrogens is 2. The van der Waals surface area contributed by atoms with Gasteiger partial charge in [0.25, 0.3) is 0 Å². The molecule has 0 aliphatic rings. The van der Waals surface area contributed by atoms with E-state index < -0.39 is 4.92 Å². The van der Waals surface area contributed by atoms with Gasteiger partial charge in [-0.2, -0.15) is 0 Å². The monoisotopic (exact) mass is 251 g/mol. The van der Waals surface area contributed by atoms with Gasteiger partial charge in [-0.3, -0.25) is 0 Å². The fraction of sp³-hybridized carbons (Fsp3) is 0.100. The Morgan fingerprint density at radius 2 is 2.29 bits per heavy atom. The average Bonchev–Trinajstić information content (AvgIpc) is 2.61. The van der Waals surface area contributed by atoms with Crippen molar-refractivity contribution in [2.75, 3.05) is 0 Å². The number of phenolic OH excluding ortho intramolecular Hbond substituents is 1. The molecule has 0 aliphatic carbocycles. The molecule has 1 heterocycles. The Labute approximate surface area is 101 Å². The van der Waals surface area contributed by atoms with Crippen molar-refractivity contribution in [1.82, 2.24) is 9.55 Å². The second kappa shape index (κ2) is 4.46. The molecule has 1 N–H and O–H groups in total. The third-order valence-electron chi connectivity index (χ3n) is 2.07. The van der Waals surface area contributed by atoms with Gasteiger partial charge in [-0.1, -0.05) is 17.8 Å². The second-order valence-corrected chi connectivity index (χ2v) is 4.40. The molecule has 0 saturated carbocycles. The summed E-state index contributed by atoms with van der Waals surface area (Å²) in [6.45, 7) is 0. The van der Waals surface area contributed by atoms with Crippen molar-refractivity contribution in [1.29, 1.82) is 0 Å². The van der Waals surface area contributed by atoms with Crippen LogP contribution in [0.2, 0.25) is 0 Å². The normalized spacial score (nSPS) is 10.4. The molecule has 0 amide bonds. The van der Waals surface area contributed by atoms with Crippen molar-refractivity contribution < 1.29 is 10.0 Å². The number of hydrogen-bond donors (Lipinski definition) is 1. The fourth-order valence-corrected chi connectivity index (χ4v) is 2.27. The lowest BCUT2D eigenvalue weighted by atomic mass is 10.3. The number of phenols is 1. The number of aromatic hydroxyl groups is 1. The van der Waals surface area contributed by atoms with Crippen molar-refractivity contribution in [2.24, 2.45) is 7.05 Å². The van der Waals surface area contributed by atoms with E-state index in [0.29, 0.717) is 5.03 Å². The van der Waals surface area contributed by atoms with E-state index in [1.54, 1.807) is 35.9 Å². The summed E-state index contributed by atoms with van der Waals surface area (Å²) in [6.07, 6.45) is 1.39. The smallest absolute Gasteiger partial charge is 0.396 e. The molecule has 0 atom stereocenters. The lowest BCUT2D eigenvalue weighted by molar-refractivity contribution is -0.392. The zero-order chi connectivity index (χ0) is 12.4. The molecule has 1 aromatic heterocycles. The lowest BCUT2D eigenvalue weighted by Crippen LogP contribution is -1.93. The Hall–Kier alpha value is -2.02. The minimum Gasteiger partial charge on any atom is -0.508 e. The lowest BCUT2D eigenvalue weighted by Gasteiger charge is -2.02. The van der Waals surface area contributed by atoms with E-state index in [4.69, 9.17) is 0 Å². The Morgan fingerprint density at radius 3 is 2.94 bits per heavy atom. The minimum atomic E-state index is -0.523. The number of imidazole rings is 1. The summed E-state index contributed by atoms with van der Waals surface area (Å²) in [5.74, 6) is -0.0549. The van der Waals surface area contributed by atoms with Crippen LogP contribution >= 0.6 is 11.8 Å². The van der Waals surface area contributed by atoms with Crippen LogP contribution in [0.15, 0.2) is 40.5 Å². The number of nitrogens with zero attached hydrogens (tertiary/aromatic N) is 3. The number of rotatable bonds is 3. The van der Waals surface area contributed by atoms with Gasteiger partial charge in [-0.05, 0) is 28.1 Å². The molecule has 88 valence electrons. The average molecular weight is 251 g/mol. The molecule has 1 aromatic carbocycles. The molecule has 0 unspecified atom stereocenters. The first-order valence-corrected chi connectivity index (χ1v) is 5.52. The van der Waals surface area contributed by atoms with Crippen LogP contribution in [-0.4, -0.2) is 19.6 Å². The summed E-state index contributed by atoms with van der Waals surface area (Å²) in [7, 11) is 1.69. The van der Waals surface area contributed by atoms with Crippen molar-refractivity contribution in [3.8, 4) is 5.75 Å². The van der Waals surface area contributed by atoms with E-state index in [-0.39, 0.29) is 11.6 Å². The maximum atomic E-state index is 10.8. The van der Waals surface area contributed by atoms with Gasteiger partial charge in [0, 0.05) is 11.9 Å². The summed E-state index contributed by atoms with van der Waals surface area (Å²) in [6, 6.07) is 6.53. The van der Waals surface area contributed by atoms with Crippen molar-refractivity contribution in [3.05, 3.63) is 40.7 Å². The van der Waals surface area contributed by atoms with Crippen LogP contribution < -0.4 is 0 Å². The number of hydrogen-bond acceptors (Lipinski definition) is 5. The highest BCUT2D eigenvalue weighted by Gasteiger charge is 2.20. The molecule has 0 bridgehead atoms. The number of benzene rings is 1. The van der Waals surface area contributed by atoms with Crippen LogP contribution in [0.4, 0.5) is 5.82 Å². The number of aryl methyl sites for hydroxylation is 1. The van der Waals surface area contributed by atoms with Crippen LogP contribution in [0.25, 0.3) is 0 Å². The fourth-order valence-electron chi connectivity index (χ4n) is 1.31. The topological polar surface area (TPSA) is 81.2 Å². The first-order chi connectivity index (χ1) is 8.08. The maximum Gasteiger partial charge on any atom is 0.396 e. The quantitative estimate of drug-likeness (QED) is 0.668. The largest absolute Gasteiger partial charge is 0.508 e. The van der Waals surface area contributed by atoms with Gasteiger partial charge in [0.05, 0.1) is 0 Å². The summed E-state index contributed by atoms with van der Waals surface area (Å²) in [4.78, 5) is 14.7. The Morgan fingerprint density at radius 1 is 1.53 bits per heavy atom. The Bertz CT molecular complexity index is 568. The van der Waals surface area contributed by atoms with Gasteiger partial charge in [-0.25, -0.2) is 0 Å². The van der Waals surface area contributed by atoms with E-state index in [0.717, 1.165) is 4.90 Å². The van der Waals surface area contributed by atoms with Gasteiger partial charge in [0.2, 0.25) is 6.33 Å². The highest BCUT2D eigenvalue weighted by atomic mass is 32.2. The molecule has 2 aromatic rings. The van der Waals surface area contributed by atoms with Crippen LogP contribution in [0.3, 0.4) is 0 Å². The second-order valence-electron chi connectivity index (χ2n) is 3.34. The highest BCUT2D eigenvalue weighted by Crippen LogP contribution is 2.34. The predicted octanol–water partition coefficient (Wildman–Crippen LogP) is 2.19. The van der Waals surface area contributed by atoms with Gasteiger partial charge in [0.1, 0.15) is 5.75 Å². The third kappa shape index (κ3) is 2.39. The molecule has 17 heavy (non-hydrogen) atoms. The SMILES string of the molecule is Cn1cnc([N+](=O)[O-])c1Sc1cccc(O)c1. The van der Waals surface area contributed by atoms with Crippen molar-refractivity contribution >= 4 is 17.6 Å². The van der Waals surface area contributed by atoms with E-state index in [1.807, 2.05) is 0 Å². The predicted molar refractivity (Wildman–Crippen MR) is 62.1 cm³/mol. The van der Waals surface area contributed by atoms with Crippen LogP contribution in [0.5, 0.6) is 5.75 Å². The molecule has 6 nitrogen and oxygen atoms in total. The number of nitro groups is 1. The molecule has 2 rings (SSSR count). The van der Waals surface area contributed by atoms with Crippen LogP contribution in [0.1, 0.15) is 0 Å². The molecule has 0 spiro atoms. The third-order valence-corrected chi connectivity index (χ3v) is 3.22. The van der Waals surface area contributed by atoms with E-state index >= 15 is 0 Å². The van der Waals surface area contributed by atoms with Crippen LogP contribution in [0, 0.1) is 10.1 Å². The molecule has 0 radical (unpaired) electrons. The van der Waals surface area contributed by atoms with Gasteiger partial charge >= 0.3 is 5.82 Å². The van der Waals surface area contributed by atoms with Crippen molar-refractivity contribution in [2.45, 2.75) is 9.92 Å². The first-order valence-electron chi connectivity index (χ1n) is 4.70. The summed E-state index contributed by atoms with van der Waals surface area (Å²) in [5, 5.41) is 20.5. The Kier molecular flexibility index (Phi) is 3.01. The van der Waals surface area contributed by atoms with Crippen LogP contribution in [-0.2, 0) is 7.05 Å². The maximum absolute atomic E-state index is 10.8. The zero-order valence-electron chi connectivity index (χ0n) is 8.90. The summed E-state index contributed by atoms with van der Waals surface area (Å²) in [5.41, 5.74) is 0. The molecular weight excluding hydrogens is 242 g/mol. The van der Waals surface area contributed by atoms with E-state index in [9.17, 15) is 15.2 Å². The highest BCUT2D eigenvalue weighted by molar-refractivity contribution is 7.99. The minimum absolute atomic E-state index is 0.125. The molecular formula is C10H9N3O3S.